The molecule has 0 saturated carbocycles. The third-order valence-corrected chi connectivity index (χ3v) is 3.04. The Bertz CT molecular complexity index is 432. The van der Waals surface area contributed by atoms with Crippen LogP contribution in [0.4, 0.5) is 0 Å². The lowest BCUT2D eigenvalue weighted by molar-refractivity contribution is -0.169. The lowest BCUT2D eigenvalue weighted by Crippen LogP contribution is -2.52. The molecule has 1 fully saturated rings. The third kappa shape index (κ3) is 1.00. The van der Waals surface area contributed by atoms with Crippen LogP contribution in [0.3, 0.4) is 0 Å². The average Bonchev–Trinajstić information content (AvgIpc) is 2.50. The van der Waals surface area contributed by atoms with E-state index in [1.165, 1.54) is 4.90 Å². The zero-order chi connectivity index (χ0) is 10.5. The summed E-state index contributed by atoms with van der Waals surface area (Å²) in [6.07, 6.45) is 0. The molecule has 3 rings (SSSR count). The van der Waals surface area contributed by atoms with Gasteiger partial charge in [0.2, 0.25) is 0 Å². The summed E-state index contributed by atoms with van der Waals surface area (Å²) in [5.41, 5.74) is 0.00606. The molecule has 0 radical (unpaired) electrons. The minimum absolute atomic E-state index is 0.101. The second kappa shape index (κ2) is 2.81. The molecule has 1 N–H and O–H groups in total. The molecule has 0 bridgehead atoms. The summed E-state index contributed by atoms with van der Waals surface area (Å²) in [4.78, 5) is 13.4. The SMILES string of the molecule is O=C1c2ccccc2C2(O)COCCN12. The minimum Gasteiger partial charge on any atom is -0.374 e. The maximum absolute atomic E-state index is 11.9. The van der Waals surface area contributed by atoms with Crippen molar-refractivity contribution in [3.05, 3.63) is 35.4 Å². The first-order valence-corrected chi connectivity index (χ1v) is 4.95. The number of rotatable bonds is 0. The van der Waals surface area contributed by atoms with Crippen molar-refractivity contribution in [2.75, 3.05) is 19.8 Å². The summed E-state index contributed by atoms with van der Waals surface area (Å²) >= 11 is 0. The molecule has 15 heavy (non-hydrogen) atoms. The van der Waals surface area contributed by atoms with Crippen LogP contribution in [0.1, 0.15) is 15.9 Å². The first-order valence-electron chi connectivity index (χ1n) is 4.95. The minimum atomic E-state index is -1.24. The van der Waals surface area contributed by atoms with E-state index in [1.807, 2.05) is 6.07 Å². The summed E-state index contributed by atoms with van der Waals surface area (Å²) in [5.74, 6) is -0.101. The fourth-order valence-electron chi connectivity index (χ4n) is 2.29. The molecule has 1 saturated heterocycles. The summed E-state index contributed by atoms with van der Waals surface area (Å²) in [7, 11) is 0. The van der Waals surface area contributed by atoms with Gasteiger partial charge >= 0.3 is 0 Å². The smallest absolute Gasteiger partial charge is 0.256 e. The number of aliphatic hydroxyl groups is 1. The first kappa shape index (κ1) is 8.88. The van der Waals surface area contributed by atoms with Crippen molar-refractivity contribution in [2.45, 2.75) is 5.72 Å². The number of hydrogen-bond donors (Lipinski definition) is 1. The van der Waals surface area contributed by atoms with E-state index in [9.17, 15) is 9.90 Å². The summed E-state index contributed by atoms with van der Waals surface area (Å²) < 4.78 is 5.25. The first-order chi connectivity index (χ1) is 7.23. The molecule has 0 aliphatic carbocycles. The van der Waals surface area contributed by atoms with Gasteiger partial charge in [-0.1, -0.05) is 18.2 Å². The van der Waals surface area contributed by atoms with E-state index in [4.69, 9.17) is 4.74 Å². The number of ether oxygens (including phenoxy) is 1. The van der Waals surface area contributed by atoms with Crippen LogP contribution in [0, 0.1) is 0 Å². The molecule has 4 heteroatoms. The summed E-state index contributed by atoms with van der Waals surface area (Å²) in [6.45, 7) is 1.10. The van der Waals surface area contributed by atoms with Gasteiger partial charge in [-0.3, -0.25) is 4.79 Å². The summed E-state index contributed by atoms with van der Waals surface area (Å²) in [6, 6.07) is 7.15. The fourth-order valence-corrected chi connectivity index (χ4v) is 2.29. The molecule has 1 unspecified atom stereocenters. The molecule has 1 aromatic rings. The number of amides is 1. The lowest BCUT2D eigenvalue weighted by Gasteiger charge is -2.37. The maximum Gasteiger partial charge on any atom is 0.256 e. The van der Waals surface area contributed by atoms with Crippen LogP contribution in [-0.2, 0) is 10.5 Å². The predicted molar refractivity (Wildman–Crippen MR) is 52.2 cm³/mol. The molecule has 2 aliphatic rings. The number of morpholine rings is 1. The van der Waals surface area contributed by atoms with Crippen LogP contribution in [0.2, 0.25) is 0 Å². The van der Waals surface area contributed by atoms with Crippen molar-refractivity contribution in [1.82, 2.24) is 4.90 Å². The van der Waals surface area contributed by atoms with Gasteiger partial charge in [0.15, 0.2) is 5.72 Å². The van der Waals surface area contributed by atoms with Crippen LogP contribution >= 0.6 is 0 Å². The second-order valence-electron chi connectivity index (χ2n) is 3.87. The van der Waals surface area contributed by atoms with Crippen LogP contribution in [0.15, 0.2) is 24.3 Å². The number of hydrogen-bond acceptors (Lipinski definition) is 3. The van der Waals surface area contributed by atoms with Crippen molar-refractivity contribution in [3.8, 4) is 0 Å². The van der Waals surface area contributed by atoms with E-state index in [2.05, 4.69) is 0 Å². The Kier molecular flexibility index (Phi) is 1.66. The maximum atomic E-state index is 11.9. The van der Waals surface area contributed by atoms with Gasteiger partial charge in [0, 0.05) is 17.7 Å². The van der Waals surface area contributed by atoms with Gasteiger partial charge in [-0.15, -0.1) is 0 Å². The number of fused-ring (bicyclic) bond motifs is 3. The Morgan fingerprint density at radius 2 is 2.20 bits per heavy atom. The Labute approximate surface area is 87.1 Å². The fraction of sp³-hybridized carbons (Fsp3) is 0.364. The molecule has 0 spiro atoms. The molecule has 1 atom stereocenters. The number of carbonyl (C=O) groups is 1. The second-order valence-corrected chi connectivity index (χ2v) is 3.87. The molecule has 0 aromatic heterocycles. The molecule has 2 heterocycles. The Balaban J connectivity index is 2.20. The van der Waals surface area contributed by atoms with Gasteiger partial charge in [-0.2, -0.15) is 0 Å². The van der Waals surface area contributed by atoms with E-state index in [0.29, 0.717) is 24.3 Å². The van der Waals surface area contributed by atoms with Crippen LogP contribution in [0.25, 0.3) is 0 Å². The van der Waals surface area contributed by atoms with E-state index < -0.39 is 5.72 Å². The van der Waals surface area contributed by atoms with Crippen molar-refractivity contribution in [2.24, 2.45) is 0 Å². The molecule has 78 valence electrons. The van der Waals surface area contributed by atoms with Gasteiger partial charge in [-0.05, 0) is 6.07 Å². The van der Waals surface area contributed by atoms with Crippen LogP contribution in [-0.4, -0.2) is 35.7 Å². The third-order valence-electron chi connectivity index (χ3n) is 3.04. The van der Waals surface area contributed by atoms with Crippen LogP contribution < -0.4 is 0 Å². The number of carbonyl (C=O) groups excluding carboxylic acids is 1. The molecule has 2 aliphatic heterocycles. The molecule has 1 aromatic carbocycles. The van der Waals surface area contributed by atoms with Gasteiger partial charge in [0.25, 0.3) is 5.91 Å². The molecular formula is C11H11NO3. The van der Waals surface area contributed by atoms with Crippen LogP contribution in [0.5, 0.6) is 0 Å². The standard InChI is InChI=1S/C11H11NO3/c13-10-8-3-1-2-4-9(8)11(14)7-15-6-5-12(10)11/h1-4,14H,5-7H2. The topological polar surface area (TPSA) is 49.8 Å². The van der Waals surface area contributed by atoms with Gasteiger partial charge in [0.05, 0.1) is 13.2 Å². The van der Waals surface area contributed by atoms with E-state index in [1.54, 1.807) is 18.2 Å². The zero-order valence-corrected chi connectivity index (χ0v) is 8.14. The van der Waals surface area contributed by atoms with Crippen molar-refractivity contribution in [3.63, 3.8) is 0 Å². The van der Waals surface area contributed by atoms with Crippen molar-refractivity contribution >= 4 is 5.91 Å². The van der Waals surface area contributed by atoms with Gasteiger partial charge in [0.1, 0.15) is 0 Å². The quantitative estimate of drug-likeness (QED) is 0.663. The normalized spacial score (nSPS) is 28.9. The highest BCUT2D eigenvalue weighted by Crippen LogP contribution is 2.38. The number of nitrogens with zero attached hydrogens (tertiary/aromatic N) is 1. The Hall–Kier alpha value is -1.39. The Morgan fingerprint density at radius 3 is 3.07 bits per heavy atom. The van der Waals surface area contributed by atoms with E-state index in [0.717, 1.165) is 0 Å². The number of benzene rings is 1. The highest BCUT2D eigenvalue weighted by molar-refractivity contribution is 5.99. The average molecular weight is 205 g/mol. The Morgan fingerprint density at radius 1 is 1.40 bits per heavy atom. The summed E-state index contributed by atoms with van der Waals surface area (Å²) in [5, 5.41) is 10.4. The highest BCUT2D eigenvalue weighted by atomic mass is 16.5. The lowest BCUT2D eigenvalue weighted by atomic mass is 10.0. The van der Waals surface area contributed by atoms with Crippen molar-refractivity contribution < 1.29 is 14.6 Å². The zero-order valence-electron chi connectivity index (χ0n) is 8.14. The van der Waals surface area contributed by atoms with Gasteiger partial charge < -0.3 is 14.7 Å². The van der Waals surface area contributed by atoms with E-state index >= 15 is 0 Å². The molecule has 1 amide bonds. The largest absolute Gasteiger partial charge is 0.374 e. The van der Waals surface area contributed by atoms with E-state index in [-0.39, 0.29) is 12.5 Å². The molecule has 4 nitrogen and oxygen atoms in total. The van der Waals surface area contributed by atoms with Crippen molar-refractivity contribution in [1.29, 1.82) is 0 Å². The predicted octanol–water partition coefficient (Wildman–Crippen LogP) is 0.318. The van der Waals surface area contributed by atoms with Gasteiger partial charge in [-0.25, -0.2) is 0 Å². The highest BCUT2D eigenvalue weighted by Gasteiger charge is 2.50. The molecular weight excluding hydrogens is 194 g/mol. The monoisotopic (exact) mass is 205 g/mol.